The van der Waals surface area contributed by atoms with Gasteiger partial charge in [-0.1, -0.05) is 30.3 Å². The number of carbonyl (C=O) groups is 3. The Balaban J connectivity index is 1.77. The molecule has 7 heteroatoms. The molecule has 1 atom stereocenters. The molecular weight excluding hydrogens is 382 g/mol. The Morgan fingerprint density at radius 2 is 1.87 bits per heavy atom. The van der Waals surface area contributed by atoms with E-state index in [2.05, 4.69) is 6.07 Å². The number of hydrogen-bond donors (Lipinski definition) is 0. The van der Waals surface area contributed by atoms with Gasteiger partial charge in [-0.05, 0) is 32.0 Å². The summed E-state index contributed by atoms with van der Waals surface area (Å²) < 4.78 is 5.63. The number of rotatable bonds is 4. The van der Waals surface area contributed by atoms with Crippen LogP contribution in [0.25, 0.3) is 0 Å². The lowest BCUT2D eigenvalue weighted by Crippen LogP contribution is -2.70. The number of anilines is 1. The third-order valence-corrected chi connectivity index (χ3v) is 5.64. The van der Waals surface area contributed by atoms with Gasteiger partial charge in [0.15, 0.2) is 0 Å². The number of benzene rings is 2. The minimum Gasteiger partial charge on any atom is -0.458 e. The average Bonchev–Trinajstić information content (AvgIpc) is 3.10. The van der Waals surface area contributed by atoms with Crippen LogP contribution >= 0.6 is 0 Å². The summed E-state index contributed by atoms with van der Waals surface area (Å²) in [6, 6.07) is 15.4. The van der Waals surface area contributed by atoms with Crippen molar-refractivity contribution < 1.29 is 19.1 Å². The second-order valence-corrected chi connectivity index (χ2v) is 7.68. The number of ether oxygens (including phenoxy) is 1. The van der Waals surface area contributed by atoms with Crippen LogP contribution in [-0.2, 0) is 20.9 Å². The van der Waals surface area contributed by atoms with E-state index in [1.165, 1.54) is 9.80 Å². The molecule has 2 aromatic rings. The topological polar surface area (TPSA) is 90.7 Å². The van der Waals surface area contributed by atoms with Gasteiger partial charge in [0.05, 0.1) is 22.9 Å². The van der Waals surface area contributed by atoms with Gasteiger partial charge in [0, 0.05) is 24.4 Å². The Hall–Kier alpha value is -3.66. The van der Waals surface area contributed by atoms with E-state index in [1.54, 1.807) is 48.5 Å². The van der Waals surface area contributed by atoms with Crippen LogP contribution in [0.1, 0.15) is 48.2 Å². The molecule has 0 N–H and O–H groups in total. The molecule has 152 valence electrons. The summed E-state index contributed by atoms with van der Waals surface area (Å²) in [5.74, 6) is -1.20. The molecule has 1 fully saturated rings. The SMILES string of the molecule is CC(C)N1C(=O)c2ccccc2N2C(=O)CC[C@@]21C(=O)OCc1ccccc1C#N. The second-order valence-electron chi connectivity index (χ2n) is 7.68. The molecule has 0 aliphatic carbocycles. The van der Waals surface area contributed by atoms with Gasteiger partial charge in [0.25, 0.3) is 5.91 Å². The number of para-hydroxylation sites is 1. The standard InChI is InChI=1S/C23H21N3O4/c1-15(2)25-21(28)18-9-5-6-10-19(18)26-20(27)11-12-23(25,26)22(29)30-14-17-8-4-3-7-16(17)13-24/h3-10,15H,11-12,14H2,1-2H3/t23-/m0/s1. The molecule has 30 heavy (non-hydrogen) atoms. The number of nitrogens with zero attached hydrogens (tertiary/aromatic N) is 3. The smallest absolute Gasteiger partial charge is 0.354 e. The Morgan fingerprint density at radius 1 is 1.17 bits per heavy atom. The predicted molar refractivity (Wildman–Crippen MR) is 108 cm³/mol. The molecule has 2 aliphatic heterocycles. The lowest BCUT2D eigenvalue weighted by Gasteiger charge is -2.50. The number of hydrogen-bond acceptors (Lipinski definition) is 5. The average molecular weight is 403 g/mol. The maximum absolute atomic E-state index is 13.5. The minimum atomic E-state index is -1.53. The molecule has 2 amide bonds. The maximum atomic E-state index is 13.5. The summed E-state index contributed by atoms with van der Waals surface area (Å²) in [5.41, 5.74) is 0.265. The van der Waals surface area contributed by atoms with Crippen molar-refractivity contribution in [2.24, 2.45) is 0 Å². The largest absolute Gasteiger partial charge is 0.458 e. The lowest BCUT2D eigenvalue weighted by molar-refractivity contribution is -0.159. The summed E-state index contributed by atoms with van der Waals surface area (Å²) in [6.45, 7) is 3.51. The highest BCUT2D eigenvalue weighted by Crippen LogP contribution is 2.46. The predicted octanol–water partition coefficient (Wildman–Crippen LogP) is 2.99. The van der Waals surface area contributed by atoms with Gasteiger partial charge in [0.2, 0.25) is 11.6 Å². The highest BCUT2D eigenvalue weighted by atomic mass is 16.5. The van der Waals surface area contributed by atoms with Crippen LogP contribution in [0.4, 0.5) is 5.69 Å². The monoisotopic (exact) mass is 403 g/mol. The fourth-order valence-corrected chi connectivity index (χ4v) is 4.39. The first kappa shape index (κ1) is 19.6. The Morgan fingerprint density at radius 3 is 2.60 bits per heavy atom. The fourth-order valence-electron chi connectivity index (χ4n) is 4.39. The third kappa shape index (κ3) is 2.76. The summed E-state index contributed by atoms with van der Waals surface area (Å²) in [4.78, 5) is 42.6. The maximum Gasteiger partial charge on any atom is 0.354 e. The number of nitriles is 1. The number of carbonyl (C=O) groups excluding carboxylic acids is 3. The van der Waals surface area contributed by atoms with Crippen molar-refractivity contribution in [3.63, 3.8) is 0 Å². The zero-order chi connectivity index (χ0) is 21.5. The quantitative estimate of drug-likeness (QED) is 0.732. The Kier molecular flexibility index (Phi) is 4.78. The molecule has 1 saturated heterocycles. The van der Waals surface area contributed by atoms with E-state index in [-0.39, 0.29) is 37.3 Å². The zero-order valence-corrected chi connectivity index (χ0v) is 16.8. The van der Waals surface area contributed by atoms with Crippen LogP contribution in [0.2, 0.25) is 0 Å². The molecule has 4 rings (SSSR count). The van der Waals surface area contributed by atoms with Gasteiger partial charge in [-0.15, -0.1) is 0 Å². The molecule has 0 saturated carbocycles. The van der Waals surface area contributed by atoms with Crippen molar-refractivity contribution >= 4 is 23.5 Å². The first-order valence-electron chi connectivity index (χ1n) is 9.83. The Labute approximate surface area is 174 Å². The molecule has 2 aromatic carbocycles. The molecule has 7 nitrogen and oxygen atoms in total. The van der Waals surface area contributed by atoms with Crippen LogP contribution < -0.4 is 4.90 Å². The summed E-state index contributed by atoms with van der Waals surface area (Å²) in [6.07, 6.45) is 0.289. The van der Waals surface area contributed by atoms with Crippen molar-refractivity contribution in [2.45, 2.75) is 45.0 Å². The summed E-state index contributed by atoms with van der Waals surface area (Å²) >= 11 is 0. The van der Waals surface area contributed by atoms with Crippen molar-refractivity contribution in [3.05, 3.63) is 65.2 Å². The van der Waals surface area contributed by atoms with E-state index in [1.807, 2.05) is 13.8 Å². The first-order valence-corrected chi connectivity index (χ1v) is 9.83. The third-order valence-electron chi connectivity index (χ3n) is 5.64. The van der Waals surface area contributed by atoms with E-state index in [0.29, 0.717) is 22.4 Å². The highest BCUT2D eigenvalue weighted by Gasteiger charge is 2.62. The van der Waals surface area contributed by atoms with Gasteiger partial charge >= 0.3 is 5.97 Å². The minimum absolute atomic E-state index is 0.117. The van der Waals surface area contributed by atoms with Gasteiger partial charge in [-0.3, -0.25) is 14.5 Å². The lowest BCUT2D eigenvalue weighted by atomic mass is 9.95. The second kappa shape index (κ2) is 7.30. The van der Waals surface area contributed by atoms with Crippen LogP contribution in [0.5, 0.6) is 0 Å². The highest BCUT2D eigenvalue weighted by molar-refractivity contribution is 6.15. The van der Waals surface area contributed by atoms with Crippen LogP contribution in [0.15, 0.2) is 48.5 Å². The molecule has 0 aromatic heterocycles. The molecule has 0 radical (unpaired) electrons. The number of esters is 1. The fraction of sp³-hybridized carbons (Fsp3) is 0.304. The van der Waals surface area contributed by atoms with E-state index >= 15 is 0 Å². The molecule has 2 aliphatic rings. The van der Waals surface area contributed by atoms with Gasteiger partial charge < -0.3 is 9.64 Å². The molecule has 0 bridgehead atoms. The molecule has 2 heterocycles. The van der Waals surface area contributed by atoms with Gasteiger partial charge in [0.1, 0.15) is 6.61 Å². The molecule has 0 unspecified atom stereocenters. The Bertz CT molecular complexity index is 1090. The first-order chi connectivity index (χ1) is 14.4. The molecular formula is C23H21N3O4. The van der Waals surface area contributed by atoms with E-state index in [0.717, 1.165) is 0 Å². The number of amides is 2. The van der Waals surface area contributed by atoms with Crippen molar-refractivity contribution in [1.29, 1.82) is 5.26 Å². The van der Waals surface area contributed by atoms with E-state index in [4.69, 9.17) is 4.74 Å². The normalized spacial score (nSPS) is 20.1. The van der Waals surface area contributed by atoms with E-state index in [9.17, 15) is 19.6 Å². The van der Waals surface area contributed by atoms with Crippen LogP contribution in [0.3, 0.4) is 0 Å². The van der Waals surface area contributed by atoms with Crippen LogP contribution in [0, 0.1) is 11.3 Å². The van der Waals surface area contributed by atoms with Crippen molar-refractivity contribution in [3.8, 4) is 6.07 Å². The zero-order valence-electron chi connectivity index (χ0n) is 16.8. The summed E-state index contributed by atoms with van der Waals surface area (Å²) in [7, 11) is 0. The van der Waals surface area contributed by atoms with E-state index < -0.39 is 11.6 Å². The van der Waals surface area contributed by atoms with Gasteiger partial charge in [-0.25, -0.2) is 4.79 Å². The molecule has 0 spiro atoms. The van der Waals surface area contributed by atoms with Crippen molar-refractivity contribution in [2.75, 3.05) is 4.90 Å². The van der Waals surface area contributed by atoms with Gasteiger partial charge in [-0.2, -0.15) is 5.26 Å². The van der Waals surface area contributed by atoms with Crippen molar-refractivity contribution in [1.82, 2.24) is 4.90 Å². The number of fused-ring (bicyclic) bond motifs is 3. The van der Waals surface area contributed by atoms with Crippen LogP contribution in [-0.4, -0.2) is 34.4 Å². The summed E-state index contributed by atoms with van der Waals surface area (Å²) in [5, 5.41) is 9.28.